The number of aliphatic imine (C=N–C) groups is 1. The molecule has 1 aromatic rings. The summed E-state index contributed by atoms with van der Waals surface area (Å²) in [4.78, 5) is 6.70. The SMILES string of the molecule is NC1=NCC(Cc2ccccc2)N1C1CC1. The average molecular weight is 215 g/mol. The normalized spacial score (nSPS) is 24.6. The number of hydrogen-bond donors (Lipinski definition) is 1. The third-order valence-electron chi connectivity index (χ3n) is 3.38. The van der Waals surface area contributed by atoms with Crippen molar-refractivity contribution in [1.29, 1.82) is 0 Å². The molecule has 1 aromatic carbocycles. The van der Waals surface area contributed by atoms with Crippen LogP contribution in [0.5, 0.6) is 0 Å². The molecule has 1 heterocycles. The van der Waals surface area contributed by atoms with Crippen LogP contribution in [-0.4, -0.2) is 29.5 Å². The van der Waals surface area contributed by atoms with Gasteiger partial charge >= 0.3 is 0 Å². The number of hydrogen-bond acceptors (Lipinski definition) is 3. The van der Waals surface area contributed by atoms with E-state index in [9.17, 15) is 0 Å². The molecule has 0 spiro atoms. The van der Waals surface area contributed by atoms with E-state index in [1.54, 1.807) is 0 Å². The highest BCUT2D eigenvalue weighted by molar-refractivity contribution is 5.80. The minimum absolute atomic E-state index is 0.481. The van der Waals surface area contributed by atoms with E-state index >= 15 is 0 Å². The summed E-state index contributed by atoms with van der Waals surface area (Å²) >= 11 is 0. The fraction of sp³-hybridized carbons (Fsp3) is 0.462. The highest BCUT2D eigenvalue weighted by Gasteiger charge is 2.37. The molecule has 1 aliphatic heterocycles. The molecule has 0 radical (unpaired) electrons. The molecule has 1 unspecified atom stereocenters. The van der Waals surface area contributed by atoms with E-state index in [4.69, 9.17) is 5.73 Å². The molecule has 1 fully saturated rings. The van der Waals surface area contributed by atoms with Crippen LogP contribution in [-0.2, 0) is 6.42 Å². The van der Waals surface area contributed by atoms with Gasteiger partial charge in [0, 0.05) is 6.04 Å². The van der Waals surface area contributed by atoms with Crippen molar-refractivity contribution in [1.82, 2.24) is 4.90 Å². The number of benzene rings is 1. The van der Waals surface area contributed by atoms with Crippen LogP contribution in [0, 0.1) is 0 Å². The molecule has 1 saturated carbocycles. The third kappa shape index (κ3) is 1.77. The first kappa shape index (κ1) is 9.70. The van der Waals surface area contributed by atoms with Crippen LogP contribution in [0.1, 0.15) is 18.4 Å². The minimum Gasteiger partial charge on any atom is -0.370 e. The van der Waals surface area contributed by atoms with Gasteiger partial charge in [-0.1, -0.05) is 30.3 Å². The first-order valence-corrected chi connectivity index (χ1v) is 5.97. The molecule has 0 saturated heterocycles. The van der Waals surface area contributed by atoms with Gasteiger partial charge in [0.2, 0.25) is 0 Å². The Bertz CT molecular complexity index is 395. The molecular formula is C13H17N3. The van der Waals surface area contributed by atoms with Crippen LogP contribution in [0.2, 0.25) is 0 Å². The van der Waals surface area contributed by atoms with Crippen LogP contribution in [0.4, 0.5) is 0 Å². The second-order valence-electron chi connectivity index (χ2n) is 4.68. The van der Waals surface area contributed by atoms with Crippen LogP contribution in [0.3, 0.4) is 0 Å². The van der Waals surface area contributed by atoms with E-state index in [2.05, 4.69) is 40.2 Å². The van der Waals surface area contributed by atoms with Gasteiger partial charge in [-0.05, 0) is 24.8 Å². The lowest BCUT2D eigenvalue weighted by Crippen LogP contribution is -2.43. The van der Waals surface area contributed by atoms with E-state index in [0.717, 1.165) is 18.9 Å². The summed E-state index contributed by atoms with van der Waals surface area (Å²) in [6.07, 6.45) is 3.62. The predicted molar refractivity (Wildman–Crippen MR) is 65.3 cm³/mol. The largest absolute Gasteiger partial charge is 0.370 e. The highest BCUT2D eigenvalue weighted by atomic mass is 15.4. The maximum Gasteiger partial charge on any atom is 0.191 e. The second-order valence-corrected chi connectivity index (χ2v) is 4.68. The summed E-state index contributed by atoms with van der Waals surface area (Å²) in [5.41, 5.74) is 7.32. The van der Waals surface area contributed by atoms with Crippen molar-refractivity contribution in [2.75, 3.05) is 6.54 Å². The molecule has 2 aliphatic rings. The summed E-state index contributed by atoms with van der Waals surface area (Å²) < 4.78 is 0. The summed E-state index contributed by atoms with van der Waals surface area (Å²) in [5.74, 6) is 0.753. The summed E-state index contributed by atoms with van der Waals surface area (Å²) in [7, 11) is 0. The van der Waals surface area contributed by atoms with Crippen LogP contribution < -0.4 is 5.73 Å². The number of guanidine groups is 1. The standard InChI is InChI=1S/C13H17N3/c14-13-15-9-12(16(13)11-6-7-11)8-10-4-2-1-3-5-10/h1-5,11-12H,6-9H2,(H2,14,15). The zero-order valence-electron chi connectivity index (χ0n) is 9.34. The first-order valence-electron chi connectivity index (χ1n) is 5.97. The van der Waals surface area contributed by atoms with E-state index in [0.29, 0.717) is 12.1 Å². The molecule has 3 heteroatoms. The highest BCUT2D eigenvalue weighted by Crippen LogP contribution is 2.31. The summed E-state index contributed by atoms with van der Waals surface area (Å²) in [6.45, 7) is 0.858. The van der Waals surface area contributed by atoms with Gasteiger partial charge in [-0.25, -0.2) is 0 Å². The Balaban J connectivity index is 1.71. The third-order valence-corrected chi connectivity index (χ3v) is 3.38. The molecule has 1 atom stereocenters. The monoisotopic (exact) mass is 215 g/mol. The number of nitrogens with zero attached hydrogens (tertiary/aromatic N) is 2. The molecule has 84 valence electrons. The zero-order chi connectivity index (χ0) is 11.0. The topological polar surface area (TPSA) is 41.6 Å². The lowest BCUT2D eigenvalue weighted by Gasteiger charge is -2.26. The molecule has 2 N–H and O–H groups in total. The van der Waals surface area contributed by atoms with Crippen LogP contribution in [0.15, 0.2) is 35.3 Å². The maximum atomic E-state index is 5.94. The van der Waals surface area contributed by atoms with E-state index in [1.165, 1.54) is 18.4 Å². The Kier molecular flexibility index (Phi) is 2.31. The van der Waals surface area contributed by atoms with Gasteiger partial charge in [0.05, 0.1) is 12.6 Å². The minimum atomic E-state index is 0.481. The lowest BCUT2D eigenvalue weighted by molar-refractivity contribution is 0.329. The molecular weight excluding hydrogens is 198 g/mol. The van der Waals surface area contributed by atoms with Gasteiger partial charge in [0.1, 0.15) is 0 Å². The number of nitrogens with two attached hydrogens (primary N) is 1. The zero-order valence-corrected chi connectivity index (χ0v) is 9.34. The molecule has 1 aliphatic carbocycles. The molecule has 3 rings (SSSR count). The van der Waals surface area contributed by atoms with Gasteiger partial charge in [-0.15, -0.1) is 0 Å². The average Bonchev–Trinajstić information content (AvgIpc) is 3.07. The fourth-order valence-corrected chi connectivity index (χ4v) is 2.44. The van der Waals surface area contributed by atoms with E-state index in [-0.39, 0.29) is 0 Å². The van der Waals surface area contributed by atoms with Gasteiger partial charge in [-0.2, -0.15) is 0 Å². The van der Waals surface area contributed by atoms with Crippen molar-refractivity contribution in [3.63, 3.8) is 0 Å². The second kappa shape index (κ2) is 3.81. The van der Waals surface area contributed by atoms with Gasteiger partial charge < -0.3 is 10.6 Å². The quantitative estimate of drug-likeness (QED) is 0.828. The lowest BCUT2D eigenvalue weighted by atomic mass is 10.1. The summed E-state index contributed by atoms with van der Waals surface area (Å²) in [6, 6.07) is 11.8. The molecule has 16 heavy (non-hydrogen) atoms. The number of rotatable bonds is 3. The Morgan fingerprint density at radius 2 is 2.00 bits per heavy atom. The van der Waals surface area contributed by atoms with Gasteiger partial charge in [0.15, 0.2) is 5.96 Å². The molecule has 0 amide bonds. The first-order chi connectivity index (χ1) is 7.84. The summed E-state index contributed by atoms with van der Waals surface area (Å²) in [5, 5.41) is 0. The van der Waals surface area contributed by atoms with E-state index < -0.39 is 0 Å². The van der Waals surface area contributed by atoms with Crippen molar-refractivity contribution in [3.05, 3.63) is 35.9 Å². The Morgan fingerprint density at radius 3 is 2.69 bits per heavy atom. The molecule has 0 bridgehead atoms. The Labute approximate surface area is 96.0 Å². The molecule has 0 aromatic heterocycles. The fourth-order valence-electron chi connectivity index (χ4n) is 2.44. The predicted octanol–water partition coefficient (Wildman–Crippen LogP) is 1.39. The smallest absolute Gasteiger partial charge is 0.191 e. The maximum absolute atomic E-state index is 5.94. The van der Waals surface area contributed by atoms with E-state index in [1.807, 2.05) is 0 Å². The molecule has 3 nitrogen and oxygen atoms in total. The van der Waals surface area contributed by atoms with Gasteiger partial charge in [-0.3, -0.25) is 4.99 Å². The van der Waals surface area contributed by atoms with Crippen molar-refractivity contribution >= 4 is 5.96 Å². The van der Waals surface area contributed by atoms with Crippen LogP contribution >= 0.6 is 0 Å². The Hall–Kier alpha value is -1.51. The van der Waals surface area contributed by atoms with Crippen molar-refractivity contribution in [2.24, 2.45) is 10.7 Å². The van der Waals surface area contributed by atoms with Crippen molar-refractivity contribution in [3.8, 4) is 0 Å². The van der Waals surface area contributed by atoms with Crippen LogP contribution in [0.25, 0.3) is 0 Å². The van der Waals surface area contributed by atoms with Crippen molar-refractivity contribution < 1.29 is 0 Å². The van der Waals surface area contributed by atoms with Crippen molar-refractivity contribution in [2.45, 2.75) is 31.3 Å². The van der Waals surface area contributed by atoms with Gasteiger partial charge in [0.25, 0.3) is 0 Å². The Morgan fingerprint density at radius 1 is 1.25 bits per heavy atom.